The Hall–Kier alpha value is -1.76. The zero-order valence-electron chi connectivity index (χ0n) is 20.1. The van der Waals surface area contributed by atoms with Crippen LogP contribution in [-0.2, 0) is 13.9 Å². The first-order chi connectivity index (χ1) is 15.2. The van der Waals surface area contributed by atoms with Crippen LogP contribution in [0.5, 0.6) is 0 Å². The van der Waals surface area contributed by atoms with E-state index in [1.165, 1.54) is 10.4 Å². The molecule has 1 aliphatic heterocycles. The van der Waals surface area contributed by atoms with Gasteiger partial charge in [0, 0.05) is 6.61 Å². The summed E-state index contributed by atoms with van der Waals surface area (Å²) in [4.78, 5) is 0. The summed E-state index contributed by atoms with van der Waals surface area (Å²) in [5.74, 6) is -0.658. The maximum Gasteiger partial charge on any atom is 0.261 e. The minimum absolute atomic E-state index is 0.0134. The third-order valence-electron chi connectivity index (χ3n) is 5.98. The van der Waals surface area contributed by atoms with Crippen molar-refractivity contribution in [2.45, 2.75) is 70.5 Å². The molecule has 32 heavy (non-hydrogen) atoms. The molecule has 2 atom stereocenters. The lowest BCUT2D eigenvalue weighted by Crippen LogP contribution is -2.66. The summed E-state index contributed by atoms with van der Waals surface area (Å²) in [6.07, 6.45) is 5.41. The lowest BCUT2D eigenvalue weighted by molar-refractivity contribution is -0.146. The average molecular weight is 455 g/mol. The molecular formula is C27H38O4Si. The van der Waals surface area contributed by atoms with Gasteiger partial charge in [0.2, 0.25) is 0 Å². The van der Waals surface area contributed by atoms with Gasteiger partial charge in [0.15, 0.2) is 5.79 Å². The van der Waals surface area contributed by atoms with Crippen LogP contribution in [0, 0.1) is 0 Å². The Morgan fingerprint density at radius 1 is 0.969 bits per heavy atom. The predicted octanol–water partition coefficient (Wildman–Crippen LogP) is 4.41. The second kappa shape index (κ2) is 10.4. The summed E-state index contributed by atoms with van der Waals surface area (Å²) in [5, 5.41) is 12.1. The van der Waals surface area contributed by atoms with Crippen LogP contribution in [0.4, 0.5) is 0 Å². The zero-order chi connectivity index (χ0) is 23.2. The van der Waals surface area contributed by atoms with Crippen molar-refractivity contribution in [1.82, 2.24) is 0 Å². The van der Waals surface area contributed by atoms with E-state index in [4.69, 9.17) is 13.9 Å². The van der Waals surface area contributed by atoms with E-state index in [-0.39, 0.29) is 23.9 Å². The standard InChI is InChI=1S/C27H38O4Si/c1-26(2,3)32(22-15-9-6-10-16-22,23-17-11-7-12-18-23)29-20-14-8-13-19-24-25(21-28)31-27(4,5)30-24/h6-7,9-13,15-19,24-25,28H,8,14,20-21H2,1-5H3/b19-13-/t24-,25+/m0/s1. The highest BCUT2D eigenvalue weighted by Gasteiger charge is 2.49. The van der Waals surface area contributed by atoms with Crippen molar-refractivity contribution >= 4 is 18.7 Å². The molecule has 0 aliphatic carbocycles. The second-order valence-electron chi connectivity index (χ2n) is 9.90. The van der Waals surface area contributed by atoms with Crippen molar-refractivity contribution in [2.24, 2.45) is 0 Å². The molecule has 1 saturated heterocycles. The predicted molar refractivity (Wildman–Crippen MR) is 133 cm³/mol. The van der Waals surface area contributed by atoms with E-state index in [0.717, 1.165) is 12.8 Å². The van der Waals surface area contributed by atoms with Gasteiger partial charge in [-0.15, -0.1) is 0 Å². The number of benzene rings is 2. The van der Waals surface area contributed by atoms with Gasteiger partial charge < -0.3 is 19.0 Å². The molecule has 1 aliphatic rings. The van der Waals surface area contributed by atoms with Crippen molar-refractivity contribution in [2.75, 3.05) is 13.2 Å². The van der Waals surface area contributed by atoms with Crippen molar-refractivity contribution in [3.8, 4) is 0 Å². The molecule has 2 aromatic rings. The first-order valence-corrected chi connectivity index (χ1v) is 13.5. The Labute approximate surface area is 194 Å². The Bertz CT molecular complexity index is 819. The van der Waals surface area contributed by atoms with Gasteiger partial charge >= 0.3 is 0 Å². The Kier molecular flexibility index (Phi) is 8.12. The highest BCUT2D eigenvalue weighted by atomic mass is 28.4. The highest BCUT2D eigenvalue weighted by molar-refractivity contribution is 6.99. The number of rotatable bonds is 9. The van der Waals surface area contributed by atoms with Crippen LogP contribution in [0.25, 0.3) is 0 Å². The maximum absolute atomic E-state index is 9.54. The Morgan fingerprint density at radius 2 is 1.53 bits per heavy atom. The fraction of sp³-hybridized carbons (Fsp3) is 0.481. The maximum atomic E-state index is 9.54. The van der Waals surface area contributed by atoms with E-state index < -0.39 is 14.1 Å². The fourth-order valence-corrected chi connectivity index (χ4v) is 9.19. The fourth-order valence-electron chi connectivity index (χ4n) is 4.59. The molecule has 174 valence electrons. The molecule has 5 heteroatoms. The average Bonchev–Trinajstić information content (AvgIpc) is 3.07. The van der Waals surface area contributed by atoms with Gasteiger partial charge in [0.1, 0.15) is 12.2 Å². The van der Waals surface area contributed by atoms with Gasteiger partial charge in [0.05, 0.1) is 6.61 Å². The van der Waals surface area contributed by atoms with Crippen molar-refractivity contribution in [1.29, 1.82) is 0 Å². The summed E-state index contributed by atoms with van der Waals surface area (Å²) in [6.45, 7) is 11.3. The molecule has 1 N–H and O–H groups in total. The molecule has 4 nitrogen and oxygen atoms in total. The third-order valence-corrected chi connectivity index (χ3v) is 11.0. The van der Waals surface area contributed by atoms with Crippen LogP contribution in [0.1, 0.15) is 47.5 Å². The summed E-state index contributed by atoms with van der Waals surface area (Å²) in [6, 6.07) is 21.5. The van der Waals surface area contributed by atoms with Crippen LogP contribution in [0.3, 0.4) is 0 Å². The number of ether oxygens (including phenoxy) is 2. The molecule has 0 aromatic heterocycles. The number of hydrogen-bond acceptors (Lipinski definition) is 4. The quantitative estimate of drug-likeness (QED) is 0.346. The smallest absolute Gasteiger partial charge is 0.261 e. The third kappa shape index (κ3) is 5.59. The lowest BCUT2D eigenvalue weighted by Gasteiger charge is -2.43. The summed E-state index contributed by atoms with van der Waals surface area (Å²) in [5.41, 5.74) is 0. The Morgan fingerprint density at radius 3 is 2.03 bits per heavy atom. The van der Waals surface area contributed by atoms with Gasteiger partial charge in [-0.2, -0.15) is 0 Å². The summed E-state index contributed by atoms with van der Waals surface area (Å²) < 4.78 is 18.5. The second-order valence-corrected chi connectivity index (χ2v) is 14.2. The van der Waals surface area contributed by atoms with Gasteiger partial charge in [-0.1, -0.05) is 93.6 Å². The van der Waals surface area contributed by atoms with E-state index in [9.17, 15) is 5.11 Å². The van der Waals surface area contributed by atoms with E-state index in [1.54, 1.807) is 0 Å². The number of hydrogen-bond donors (Lipinski definition) is 1. The highest BCUT2D eigenvalue weighted by Crippen LogP contribution is 2.37. The molecule has 0 amide bonds. The topological polar surface area (TPSA) is 47.9 Å². The zero-order valence-corrected chi connectivity index (χ0v) is 21.1. The molecule has 0 saturated carbocycles. The minimum Gasteiger partial charge on any atom is -0.407 e. The first kappa shape index (κ1) is 24.9. The number of unbranched alkanes of at least 4 members (excludes halogenated alkanes) is 1. The molecule has 3 rings (SSSR count). The largest absolute Gasteiger partial charge is 0.407 e. The van der Waals surface area contributed by atoms with E-state index in [0.29, 0.717) is 6.61 Å². The normalized spacial score (nSPS) is 21.3. The van der Waals surface area contributed by atoms with Gasteiger partial charge in [-0.05, 0) is 42.1 Å². The van der Waals surface area contributed by atoms with E-state index >= 15 is 0 Å². The van der Waals surface area contributed by atoms with Crippen LogP contribution in [0.15, 0.2) is 72.8 Å². The molecule has 1 heterocycles. The van der Waals surface area contributed by atoms with Crippen LogP contribution >= 0.6 is 0 Å². The van der Waals surface area contributed by atoms with Crippen molar-refractivity contribution in [3.05, 3.63) is 72.8 Å². The van der Waals surface area contributed by atoms with Crippen molar-refractivity contribution < 1.29 is 19.0 Å². The molecule has 0 unspecified atom stereocenters. The number of aliphatic hydroxyl groups excluding tert-OH is 1. The summed E-state index contributed by atoms with van der Waals surface area (Å²) in [7, 11) is -2.47. The van der Waals surface area contributed by atoms with E-state index in [1.807, 2.05) is 19.9 Å². The lowest BCUT2D eigenvalue weighted by atomic mass is 10.2. The van der Waals surface area contributed by atoms with Crippen LogP contribution in [-0.4, -0.2) is 44.6 Å². The molecular weight excluding hydrogens is 416 g/mol. The number of aliphatic hydroxyl groups is 1. The van der Waals surface area contributed by atoms with E-state index in [2.05, 4.69) is 87.5 Å². The van der Waals surface area contributed by atoms with Gasteiger partial charge in [-0.3, -0.25) is 0 Å². The molecule has 0 bridgehead atoms. The first-order valence-electron chi connectivity index (χ1n) is 11.6. The van der Waals surface area contributed by atoms with Gasteiger partial charge in [0.25, 0.3) is 8.32 Å². The van der Waals surface area contributed by atoms with Crippen molar-refractivity contribution in [3.63, 3.8) is 0 Å². The summed E-state index contributed by atoms with van der Waals surface area (Å²) >= 11 is 0. The molecule has 2 aromatic carbocycles. The minimum atomic E-state index is -2.47. The monoisotopic (exact) mass is 454 g/mol. The molecule has 1 fully saturated rings. The Balaban J connectivity index is 1.70. The van der Waals surface area contributed by atoms with Crippen LogP contribution < -0.4 is 10.4 Å². The van der Waals surface area contributed by atoms with Gasteiger partial charge in [-0.25, -0.2) is 0 Å². The van der Waals surface area contributed by atoms with Crippen LogP contribution in [0.2, 0.25) is 5.04 Å². The molecule has 0 radical (unpaired) electrons. The molecule has 0 spiro atoms. The SMILES string of the molecule is CC1(C)O[C@@H](/C=C\CCCO[Si](c2ccccc2)(c2ccccc2)C(C)(C)C)[C@@H](CO)O1. The number of allylic oxidation sites excluding steroid dienone is 1.